The highest BCUT2D eigenvalue weighted by Gasteiger charge is 2.42. The Morgan fingerprint density at radius 3 is 2.81 bits per heavy atom. The molecule has 2 aromatic rings. The third-order valence-corrected chi connectivity index (χ3v) is 5.97. The quantitative estimate of drug-likeness (QED) is 0.822. The summed E-state index contributed by atoms with van der Waals surface area (Å²) in [6.07, 6.45) is 0.509. The number of tetrazole rings is 1. The Labute approximate surface area is 123 Å². The molecule has 0 radical (unpaired) electrons. The van der Waals surface area contributed by atoms with Gasteiger partial charge in [0.2, 0.25) is 0 Å². The van der Waals surface area contributed by atoms with Crippen molar-refractivity contribution >= 4 is 15.5 Å². The second-order valence-corrected chi connectivity index (χ2v) is 7.96. The van der Waals surface area contributed by atoms with Crippen molar-refractivity contribution < 1.29 is 8.42 Å². The summed E-state index contributed by atoms with van der Waals surface area (Å²) in [5.41, 5.74) is 7.69. The monoisotopic (exact) mass is 307 g/mol. The molecule has 1 aromatic carbocycles. The number of benzene rings is 1. The van der Waals surface area contributed by atoms with Crippen LogP contribution in [-0.4, -0.2) is 40.1 Å². The molecule has 1 atom stereocenters. The molecule has 0 saturated carbocycles. The molecule has 21 heavy (non-hydrogen) atoms. The lowest BCUT2D eigenvalue weighted by atomic mass is 10.0. The molecule has 7 nitrogen and oxygen atoms in total. The maximum Gasteiger partial charge on any atom is 0.182 e. The Hall–Kier alpha value is -1.96. The molecule has 112 valence electrons. The third kappa shape index (κ3) is 2.29. The summed E-state index contributed by atoms with van der Waals surface area (Å²) in [5, 5.41) is 11.8. The SMILES string of the molecule is Cc1c(N)cccc1-c1nnnn1C1(C)CCS(=O)(=O)C1. The van der Waals surface area contributed by atoms with Crippen molar-refractivity contribution in [3.05, 3.63) is 23.8 Å². The Morgan fingerprint density at radius 2 is 2.14 bits per heavy atom. The molecule has 1 aromatic heterocycles. The summed E-state index contributed by atoms with van der Waals surface area (Å²) in [5.74, 6) is 0.775. The van der Waals surface area contributed by atoms with E-state index in [1.54, 1.807) is 4.68 Å². The van der Waals surface area contributed by atoms with Crippen molar-refractivity contribution in [2.45, 2.75) is 25.8 Å². The number of anilines is 1. The first-order valence-corrected chi connectivity index (χ1v) is 8.49. The number of hydrogen-bond donors (Lipinski definition) is 1. The molecular formula is C13H17N5O2S. The minimum atomic E-state index is -3.04. The van der Waals surface area contributed by atoms with Gasteiger partial charge in [-0.05, 0) is 42.3 Å². The number of nitrogen functional groups attached to an aromatic ring is 1. The first-order valence-electron chi connectivity index (χ1n) is 6.67. The van der Waals surface area contributed by atoms with Crippen molar-refractivity contribution in [3.8, 4) is 11.4 Å². The largest absolute Gasteiger partial charge is 0.398 e. The van der Waals surface area contributed by atoms with E-state index in [0.29, 0.717) is 17.9 Å². The number of hydrogen-bond acceptors (Lipinski definition) is 6. The molecule has 0 amide bonds. The minimum Gasteiger partial charge on any atom is -0.398 e. The van der Waals surface area contributed by atoms with Gasteiger partial charge in [-0.25, -0.2) is 13.1 Å². The van der Waals surface area contributed by atoms with Crippen LogP contribution in [0.2, 0.25) is 0 Å². The highest BCUT2D eigenvalue weighted by molar-refractivity contribution is 7.91. The smallest absolute Gasteiger partial charge is 0.182 e. The van der Waals surface area contributed by atoms with Gasteiger partial charge in [0.25, 0.3) is 0 Å². The van der Waals surface area contributed by atoms with Gasteiger partial charge in [-0.2, -0.15) is 0 Å². The van der Waals surface area contributed by atoms with Gasteiger partial charge in [-0.15, -0.1) is 5.10 Å². The summed E-state index contributed by atoms with van der Waals surface area (Å²) in [7, 11) is -3.04. The fourth-order valence-electron chi connectivity index (χ4n) is 2.77. The molecule has 2 N–H and O–H groups in total. The maximum atomic E-state index is 11.8. The van der Waals surface area contributed by atoms with E-state index in [4.69, 9.17) is 5.73 Å². The van der Waals surface area contributed by atoms with Crippen LogP contribution < -0.4 is 5.73 Å². The summed E-state index contributed by atoms with van der Waals surface area (Å²) >= 11 is 0. The van der Waals surface area contributed by atoms with E-state index in [2.05, 4.69) is 15.5 Å². The first kappa shape index (κ1) is 14.0. The van der Waals surface area contributed by atoms with Crippen LogP contribution in [-0.2, 0) is 15.4 Å². The molecule has 3 rings (SSSR count). The molecule has 8 heteroatoms. The fourth-order valence-corrected chi connectivity index (χ4v) is 4.88. The fraction of sp³-hybridized carbons (Fsp3) is 0.462. The second kappa shape index (κ2) is 4.52. The van der Waals surface area contributed by atoms with Crippen LogP contribution in [0.3, 0.4) is 0 Å². The van der Waals surface area contributed by atoms with Crippen LogP contribution in [0.15, 0.2) is 18.2 Å². The lowest BCUT2D eigenvalue weighted by molar-refractivity contribution is 0.325. The number of nitrogens with two attached hydrogens (primary N) is 1. The van der Waals surface area contributed by atoms with Crippen molar-refractivity contribution in [3.63, 3.8) is 0 Å². The van der Waals surface area contributed by atoms with Gasteiger partial charge in [-0.3, -0.25) is 0 Å². The van der Waals surface area contributed by atoms with Gasteiger partial charge >= 0.3 is 0 Å². The zero-order chi connectivity index (χ0) is 15.3. The lowest BCUT2D eigenvalue weighted by Gasteiger charge is -2.23. The van der Waals surface area contributed by atoms with Gasteiger partial charge in [-0.1, -0.05) is 12.1 Å². The molecule has 2 heterocycles. The molecule has 0 bridgehead atoms. The standard InChI is InChI=1S/C13H17N5O2S/c1-9-10(4-3-5-11(9)14)12-15-16-17-18(12)13(2)6-7-21(19,20)8-13/h3-5H,6-8,14H2,1-2H3. The van der Waals surface area contributed by atoms with E-state index in [1.807, 2.05) is 32.0 Å². The zero-order valence-corrected chi connectivity index (χ0v) is 12.8. The van der Waals surface area contributed by atoms with E-state index in [-0.39, 0.29) is 11.5 Å². The predicted molar refractivity (Wildman–Crippen MR) is 79.3 cm³/mol. The van der Waals surface area contributed by atoms with Gasteiger partial charge < -0.3 is 5.73 Å². The molecule has 1 unspecified atom stereocenters. The first-order chi connectivity index (χ1) is 9.82. The summed E-state index contributed by atoms with van der Waals surface area (Å²) in [4.78, 5) is 0. The second-order valence-electron chi connectivity index (χ2n) is 5.77. The van der Waals surface area contributed by atoms with Crippen molar-refractivity contribution in [2.75, 3.05) is 17.2 Å². The van der Waals surface area contributed by atoms with Crippen LogP contribution in [0.4, 0.5) is 5.69 Å². The Kier molecular flexibility index (Phi) is 3.01. The minimum absolute atomic E-state index is 0.0550. The summed E-state index contributed by atoms with van der Waals surface area (Å²) < 4.78 is 25.2. The normalized spacial score (nSPS) is 24.3. The summed E-state index contributed by atoms with van der Waals surface area (Å²) in [6, 6.07) is 5.54. The van der Waals surface area contributed by atoms with Crippen molar-refractivity contribution in [1.82, 2.24) is 20.2 Å². The van der Waals surface area contributed by atoms with E-state index in [1.165, 1.54) is 0 Å². The molecule has 1 aliphatic heterocycles. The van der Waals surface area contributed by atoms with Crippen molar-refractivity contribution in [1.29, 1.82) is 0 Å². The average Bonchev–Trinajstić information content (AvgIpc) is 2.98. The lowest BCUT2D eigenvalue weighted by Crippen LogP contribution is -2.33. The predicted octanol–water partition coefficient (Wildman–Crippen LogP) is 0.764. The van der Waals surface area contributed by atoms with Gasteiger partial charge in [0.05, 0.1) is 17.0 Å². The molecule has 1 saturated heterocycles. The van der Waals surface area contributed by atoms with Crippen molar-refractivity contribution in [2.24, 2.45) is 0 Å². The average molecular weight is 307 g/mol. The molecule has 0 aliphatic carbocycles. The number of sulfone groups is 1. The topological polar surface area (TPSA) is 104 Å². The Bertz CT molecular complexity index is 799. The van der Waals surface area contributed by atoms with E-state index in [0.717, 1.165) is 11.1 Å². The molecular weight excluding hydrogens is 290 g/mol. The van der Waals surface area contributed by atoms with Crippen LogP contribution in [0.25, 0.3) is 11.4 Å². The molecule has 0 spiro atoms. The van der Waals surface area contributed by atoms with E-state index >= 15 is 0 Å². The van der Waals surface area contributed by atoms with Crippen LogP contribution >= 0.6 is 0 Å². The van der Waals surface area contributed by atoms with Crippen LogP contribution in [0.1, 0.15) is 18.9 Å². The number of nitrogens with zero attached hydrogens (tertiary/aromatic N) is 4. The zero-order valence-electron chi connectivity index (χ0n) is 11.9. The Balaban J connectivity index is 2.12. The molecule has 1 fully saturated rings. The van der Waals surface area contributed by atoms with Gasteiger partial charge in [0, 0.05) is 11.3 Å². The highest BCUT2D eigenvalue weighted by atomic mass is 32.2. The van der Waals surface area contributed by atoms with Gasteiger partial charge in [0.1, 0.15) is 0 Å². The maximum absolute atomic E-state index is 11.8. The Morgan fingerprint density at radius 1 is 1.38 bits per heavy atom. The molecule has 1 aliphatic rings. The summed E-state index contributed by atoms with van der Waals surface area (Å²) in [6.45, 7) is 3.77. The number of rotatable bonds is 2. The van der Waals surface area contributed by atoms with Crippen LogP contribution in [0, 0.1) is 6.92 Å². The third-order valence-electron chi connectivity index (χ3n) is 4.08. The number of aromatic nitrogens is 4. The van der Waals surface area contributed by atoms with Crippen LogP contribution in [0.5, 0.6) is 0 Å². The highest BCUT2D eigenvalue weighted by Crippen LogP contribution is 2.34. The van der Waals surface area contributed by atoms with E-state index < -0.39 is 15.4 Å². The van der Waals surface area contributed by atoms with Gasteiger partial charge in [0.15, 0.2) is 15.7 Å². The van der Waals surface area contributed by atoms with E-state index in [9.17, 15) is 8.42 Å².